The van der Waals surface area contributed by atoms with Crippen LogP contribution < -0.4 is 54.0 Å². The number of primary amides is 1. The summed E-state index contributed by atoms with van der Waals surface area (Å²) in [6.07, 6.45) is -4.54. The van der Waals surface area contributed by atoms with Crippen molar-refractivity contribution in [1.29, 1.82) is 0 Å². The first kappa shape index (κ1) is 71.4. The van der Waals surface area contributed by atoms with Gasteiger partial charge in [-0.15, -0.1) is 0 Å². The third-order valence-corrected chi connectivity index (χ3v) is 15.2. The molecule has 10 amide bonds. The van der Waals surface area contributed by atoms with Crippen LogP contribution in [0.5, 0.6) is 17.2 Å². The van der Waals surface area contributed by atoms with Gasteiger partial charge in [-0.3, -0.25) is 52.7 Å². The number of benzene rings is 4. The molecule has 1 aliphatic heterocycles. The van der Waals surface area contributed by atoms with Crippen molar-refractivity contribution >= 4 is 81.9 Å². The lowest BCUT2D eigenvalue weighted by Gasteiger charge is -2.30. The van der Waals surface area contributed by atoms with Gasteiger partial charge in [0.25, 0.3) is 0 Å². The first-order chi connectivity index (χ1) is 44.1. The number of nitrogens with one attached hydrogen (secondary N) is 9. The summed E-state index contributed by atoms with van der Waals surface area (Å²) in [5, 5.41) is 90.4. The van der Waals surface area contributed by atoms with Gasteiger partial charge in [0.05, 0.1) is 31.2 Å². The fourth-order valence-corrected chi connectivity index (χ4v) is 10.2. The van der Waals surface area contributed by atoms with Crippen LogP contribution in [-0.4, -0.2) is 196 Å². The van der Waals surface area contributed by atoms with Crippen LogP contribution in [0.1, 0.15) is 68.2 Å². The molecular formula is C62H76N12O19. The number of phenolic OH excluding ortho intramolecular Hbond substituents is 3. The van der Waals surface area contributed by atoms with E-state index in [1.165, 1.54) is 72.8 Å². The molecule has 6 rings (SSSR count). The molecule has 31 nitrogen and oxygen atoms in total. The maximum Gasteiger partial charge on any atom is 0.326 e. The largest absolute Gasteiger partial charge is 0.508 e. The van der Waals surface area contributed by atoms with Gasteiger partial charge in [-0.05, 0) is 104 Å². The van der Waals surface area contributed by atoms with E-state index in [0.717, 1.165) is 18.7 Å². The van der Waals surface area contributed by atoms with Crippen LogP contribution in [0.15, 0.2) is 103 Å². The van der Waals surface area contributed by atoms with Gasteiger partial charge in [0, 0.05) is 49.3 Å². The number of carboxylic acid groups (broad SMARTS) is 2. The fourth-order valence-electron chi connectivity index (χ4n) is 10.2. The van der Waals surface area contributed by atoms with Crippen molar-refractivity contribution in [3.05, 3.63) is 126 Å². The molecule has 1 aliphatic rings. The number of carbonyl (C=O) groups is 12. The van der Waals surface area contributed by atoms with Crippen LogP contribution in [0.25, 0.3) is 10.9 Å². The zero-order valence-electron chi connectivity index (χ0n) is 50.6. The highest BCUT2D eigenvalue weighted by Gasteiger charge is 2.41. The first-order valence-electron chi connectivity index (χ1n) is 29.5. The SMILES string of the molecule is C[C@@H](O)[C@H](NC(=O)CNC(=O)[C@@H](NC(=O)[C@H](CCC(N)=O)NC(=O)[C@@H]1CCCN1C(=O)[C@H](CC(=O)O)NC(=O)[C@H](Cc1ccc(O)cc1)NC(=O)[C@@H](N)Cc1ccc(O)cc1)[C@@H](C)O)C(=O)N[C@@H](Cc1c[nH]c2ccccc12)C(=O)N[C@@H](Cc1ccc(O)cc1)C(=O)O. The molecule has 5 aromatic rings. The maximum atomic E-state index is 14.3. The Kier molecular flexibility index (Phi) is 25.7. The quantitative estimate of drug-likeness (QED) is 0.0199. The zero-order valence-corrected chi connectivity index (χ0v) is 50.6. The second-order valence-electron chi connectivity index (χ2n) is 22.4. The smallest absolute Gasteiger partial charge is 0.326 e. The van der Waals surface area contributed by atoms with Crippen LogP contribution in [-0.2, 0) is 83.2 Å². The number of aromatic hydroxyl groups is 3. The Morgan fingerprint density at radius 2 is 1.06 bits per heavy atom. The van der Waals surface area contributed by atoms with Crippen molar-refractivity contribution in [3.63, 3.8) is 0 Å². The number of rotatable bonds is 33. The summed E-state index contributed by atoms with van der Waals surface area (Å²) in [4.78, 5) is 166. The van der Waals surface area contributed by atoms with Gasteiger partial charge in [-0.1, -0.05) is 54.6 Å². The van der Waals surface area contributed by atoms with Crippen LogP contribution in [0, 0.1) is 0 Å². The lowest BCUT2D eigenvalue weighted by atomic mass is 10.0. The minimum absolute atomic E-state index is 0.0330. The summed E-state index contributed by atoms with van der Waals surface area (Å²) < 4.78 is 0. The first-order valence-corrected chi connectivity index (χ1v) is 29.5. The van der Waals surface area contributed by atoms with E-state index >= 15 is 0 Å². The van der Waals surface area contributed by atoms with E-state index in [4.69, 9.17) is 11.5 Å². The summed E-state index contributed by atoms with van der Waals surface area (Å²) in [7, 11) is 0. The number of fused-ring (bicyclic) bond motifs is 1. The zero-order chi connectivity index (χ0) is 68.2. The second kappa shape index (κ2) is 33.4. The van der Waals surface area contributed by atoms with Gasteiger partial charge in [0.1, 0.15) is 65.6 Å². The third-order valence-electron chi connectivity index (χ3n) is 15.2. The van der Waals surface area contributed by atoms with E-state index < -0.39 is 163 Å². The molecule has 1 saturated heterocycles. The van der Waals surface area contributed by atoms with Crippen molar-refractivity contribution in [2.24, 2.45) is 11.5 Å². The van der Waals surface area contributed by atoms with Crippen LogP contribution in [0.3, 0.4) is 0 Å². The molecule has 20 N–H and O–H groups in total. The van der Waals surface area contributed by atoms with Crippen LogP contribution >= 0.6 is 0 Å². The fraction of sp³-hybridized carbons (Fsp3) is 0.387. The molecule has 0 unspecified atom stereocenters. The average Bonchev–Trinajstić information content (AvgIpc) is 1.76. The summed E-state index contributed by atoms with van der Waals surface area (Å²) in [5.74, 6) is -13.7. The Balaban J connectivity index is 1.10. The number of aromatic amines is 1. The Morgan fingerprint density at radius 3 is 1.61 bits per heavy atom. The van der Waals surface area contributed by atoms with Crippen molar-refractivity contribution in [2.75, 3.05) is 13.1 Å². The molecule has 4 aromatic carbocycles. The molecule has 1 aromatic heterocycles. The second-order valence-corrected chi connectivity index (χ2v) is 22.4. The molecule has 31 heteroatoms. The Hall–Kier alpha value is -10.7. The highest BCUT2D eigenvalue weighted by molar-refractivity contribution is 5.99. The monoisotopic (exact) mass is 1290 g/mol. The number of aromatic nitrogens is 1. The molecule has 93 heavy (non-hydrogen) atoms. The summed E-state index contributed by atoms with van der Waals surface area (Å²) in [6.45, 7) is 1.08. The number of aliphatic carboxylic acids is 2. The molecule has 1 fully saturated rings. The van der Waals surface area contributed by atoms with Crippen molar-refractivity contribution in [2.45, 2.75) is 138 Å². The Bertz CT molecular complexity index is 3510. The number of hydrogen-bond acceptors (Lipinski definition) is 18. The standard InChI is InChI=1S/C62H76N12O19/c1-31(75)52(59(89)66-30-50(81)72-53(32(2)76)60(90)69-45(27-36-29-65-42-7-4-3-6-40(36)42)57(87)71-47(62(92)93)26-35-13-19-39(79)20-14-35)73-55(85)43(21-22-49(64)80)67-58(88)48-8-5-23-74(48)61(91)46(28-51(82)83)70-56(86)44(25-34-11-17-38(78)18-12-34)68-54(84)41(63)24-33-9-15-37(77)16-10-33/h3-4,6-7,9-20,29,31-32,41,43-48,52-53,65,75-79H,5,8,21-28,30,63H2,1-2H3,(H2,64,80)(H,66,89)(H,67,88)(H,68,84)(H,69,90)(H,70,86)(H,71,87)(H,72,81)(H,73,85)(H,82,83)(H,92,93)/t31-,32-,41+,43+,44+,45+,46+,47+,48+,52+,53+/m1/s1. The number of aliphatic hydroxyl groups excluding tert-OH is 2. The van der Waals surface area contributed by atoms with Crippen molar-refractivity contribution in [3.8, 4) is 17.2 Å². The number of H-pyrrole nitrogens is 1. The maximum absolute atomic E-state index is 14.3. The number of likely N-dealkylation sites (tertiary alicyclic amines) is 1. The molecule has 0 aliphatic carbocycles. The number of para-hydroxylation sites is 1. The van der Waals surface area contributed by atoms with Crippen LogP contribution in [0.4, 0.5) is 0 Å². The topological polar surface area (TPSA) is 514 Å². The number of carboxylic acids is 2. The van der Waals surface area contributed by atoms with Gasteiger partial charge in [-0.2, -0.15) is 0 Å². The Morgan fingerprint density at radius 1 is 0.570 bits per heavy atom. The Labute approximate surface area is 531 Å². The number of hydrogen-bond donors (Lipinski definition) is 18. The highest BCUT2D eigenvalue weighted by Crippen LogP contribution is 2.23. The molecule has 0 radical (unpaired) electrons. The van der Waals surface area contributed by atoms with E-state index in [9.17, 15) is 93.3 Å². The minimum atomic E-state index is -1.90. The predicted octanol–water partition coefficient (Wildman–Crippen LogP) is -3.03. The van der Waals surface area contributed by atoms with Crippen molar-refractivity contribution in [1.82, 2.24) is 52.4 Å². The molecule has 0 spiro atoms. The summed E-state index contributed by atoms with van der Waals surface area (Å²) in [6, 6.07) is 9.40. The molecular weight excluding hydrogens is 1220 g/mol. The van der Waals surface area contributed by atoms with E-state index in [1.54, 1.807) is 30.5 Å². The summed E-state index contributed by atoms with van der Waals surface area (Å²) in [5.41, 5.74) is 14.2. The molecule has 0 saturated carbocycles. The lowest BCUT2D eigenvalue weighted by Crippen LogP contribution is -2.61. The van der Waals surface area contributed by atoms with Gasteiger partial charge < -0.3 is 99.6 Å². The number of aliphatic hydroxyl groups is 2. The molecule has 2 heterocycles. The van der Waals surface area contributed by atoms with E-state index in [2.05, 4.69) is 47.5 Å². The van der Waals surface area contributed by atoms with Crippen LogP contribution in [0.2, 0.25) is 0 Å². The molecule has 0 bridgehead atoms. The number of amides is 10. The molecule has 498 valence electrons. The van der Waals surface area contributed by atoms with Crippen molar-refractivity contribution < 1.29 is 93.3 Å². The highest BCUT2D eigenvalue weighted by atomic mass is 16.4. The number of nitrogens with zero attached hydrogens (tertiary/aromatic N) is 1. The lowest BCUT2D eigenvalue weighted by molar-refractivity contribution is -0.146. The van der Waals surface area contributed by atoms with E-state index in [-0.39, 0.29) is 62.3 Å². The van der Waals surface area contributed by atoms with Gasteiger partial charge in [0.15, 0.2) is 0 Å². The number of nitrogens with two attached hydrogens (primary N) is 2. The van der Waals surface area contributed by atoms with Gasteiger partial charge in [-0.25, -0.2) is 4.79 Å². The average molecular weight is 1290 g/mol. The molecule has 11 atom stereocenters. The predicted molar refractivity (Wildman–Crippen MR) is 328 cm³/mol. The van der Waals surface area contributed by atoms with E-state index in [0.29, 0.717) is 33.2 Å². The normalized spacial score (nSPS) is 16.0. The number of phenols is 3. The number of carbonyl (C=O) groups excluding carboxylic acids is 10. The minimum Gasteiger partial charge on any atom is -0.508 e. The third kappa shape index (κ3) is 21.2. The summed E-state index contributed by atoms with van der Waals surface area (Å²) >= 11 is 0. The van der Waals surface area contributed by atoms with Gasteiger partial charge in [0.2, 0.25) is 59.1 Å². The van der Waals surface area contributed by atoms with Gasteiger partial charge >= 0.3 is 11.9 Å². The van der Waals surface area contributed by atoms with E-state index in [1.807, 2.05) is 0 Å².